The number of carbonyl (C=O) groups is 1. The average molecular weight is 258 g/mol. The maximum Gasteiger partial charge on any atom is 0.228 e. The highest BCUT2D eigenvalue weighted by Crippen LogP contribution is 2.13. The molecule has 0 radical (unpaired) electrons. The zero-order valence-corrected chi connectivity index (χ0v) is 10.7. The lowest BCUT2D eigenvalue weighted by atomic mass is 9.98. The van der Waals surface area contributed by atoms with Gasteiger partial charge in [-0.1, -0.05) is 30.3 Å². The van der Waals surface area contributed by atoms with E-state index in [1.807, 2.05) is 30.3 Å². The van der Waals surface area contributed by atoms with Crippen LogP contribution in [0.5, 0.6) is 0 Å². The summed E-state index contributed by atoms with van der Waals surface area (Å²) < 4.78 is 0. The first-order valence-electron chi connectivity index (χ1n) is 6.32. The first-order valence-corrected chi connectivity index (χ1v) is 6.32. The molecule has 0 spiro atoms. The molecule has 0 saturated carbocycles. The van der Waals surface area contributed by atoms with Crippen LogP contribution in [0.15, 0.2) is 42.7 Å². The van der Waals surface area contributed by atoms with Gasteiger partial charge in [-0.15, -0.1) is 0 Å². The van der Waals surface area contributed by atoms with E-state index in [0.29, 0.717) is 19.5 Å². The normalized spacial score (nSPS) is 12.1. The third-order valence-corrected chi connectivity index (χ3v) is 2.97. The van der Waals surface area contributed by atoms with Gasteiger partial charge in [0.1, 0.15) is 5.82 Å². The van der Waals surface area contributed by atoms with E-state index in [4.69, 9.17) is 5.73 Å². The van der Waals surface area contributed by atoms with Gasteiger partial charge in [-0.3, -0.25) is 4.79 Å². The van der Waals surface area contributed by atoms with Crippen molar-refractivity contribution in [2.45, 2.75) is 12.3 Å². The van der Waals surface area contributed by atoms with Gasteiger partial charge in [0.25, 0.3) is 0 Å². The Morgan fingerprint density at radius 2 is 2.16 bits per heavy atom. The minimum Gasteiger partial charge on any atom is -0.355 e. The van der Waals surface area contributed by atoms with E-state index in [0.717, 1.165) is 11.4 Å². The molecule has 2 rings (SSSR count). The van der Waals surface area contributed by atoms with Gasteiger partial charge in [0.2, 0.25) is 5.91 Å². The molecule has 1 atom stereocenters. The van der Waals surface area contributed by atoms with Gasteiger partial charge < -0.3 is 16.0 Å². The largest absolute Gasteiger partial charge is 0.355 e. The molecule has 5 heteroatoms. The number of rotatable bonds is 6. The Labute approximate surface area is 112 Å². The molecule has 100 valence electrons. The molecule has 0 bridgehead atoms. The van der Waals surface area contributed by atoms with Crippen molar-refractivity contribution in [2.75, 3.05) is 13.1 Å². The summed E-state index contributed by atoms with van der Waals surface area (Å²) in [5.41, 5.74) is 6.64. The summed E-state index contributed by atoms with van der Waals surface area (Å²) in [5.74, 6) is 0.530. The number of aromatic nitrogens is 2. The molecule has 0 aliphatic heterocycles. The fourth-order valence-electron chi connectivity index (χ4n) is 1.94. The molecule has 1 amide bonds. The van der Waals surface area contributed by atoms with Gasteiger partial charge in [0, 0.05) is 31.9 Å². The van der Waals surface area contributed by atoms with E-state index < -0.39 is 0 Å². The molecule has 0 aliphatic carbocycles. The van der Waals surface area contributed by atoms with Crippen LogP contribution in [0.1, 0.15) is 17.3 Å². The number of hydrogen-bond acceptors (Lipinski definition) is 3. The summed E-state index contributed by atoms with van der Waals surface area (Å²) in [4.78, 5) is 19.2. The van der Waals surface area contributed by atoms with Crippen LogP contribution in [0.4, 0.5) is 0 Å². The number of H-pyrrole nitrogens is 1. The van der Waals surface area contributed by atoms with Crippen LogP contribution >= 0.6 is 0 Å². The molecular weight excluding hydrogens is 240 g/mol. The highest BCUT2D eigenvalue weighted by Gasteiger charge is 2.18. The fourth-order valence-corrected chi connectivity index (χ4v) is 1.94. The van der Waals surface area contributed by atoms with Crippen molar-refractivity contribution >= 4 is 5.91 Å². The van der Waals surface area contributed by atoms with Crippen molar-refractivity contribution in [2.24, 2.45) is 5.73 Å². The van der Waals surface area contributed by atoms with Crippen molar-refractivity contribution in [3.05, 3.63) is 54.1 Å². The van der Waals surface area contributed by atoms with Crippen molar-refractivity contribution in [1.82, 2.24) is 15.3 Å². The summed E-state index contributed by atoms with van der Waals surface area (Å²) in [5, 5.41) is 2.89. The van der Waals surface area contributed by atoms with Crippen molar-refractivity contribution < 1.29 is 4.79 Å². The number of nitrogens with two attached hydrogens (primary N) is 1. The second-order valence-corrected chi connectivity index (χ2v) is 4.28. The molecule has 0 fully saturated rings. The molecule has 5 nitrogen and oxygen atoms in total. The van der Waals surface area contributed by atoms with Crippen LogP contribution in [0.25, 0.3) is 0 Å². The molecule has 4 N–H and O–H groups in total. The zero-order chi connectivity index (χ0) is 13.5. The standard InChI is InChI=1S/C14H18N4O/c15-10-12(11-4-2-1-3-5-11)14(19)18-7-6-13-16-8-9-17-13/h1-5,8-9,12H,6-7,10,15H2,(H,16,17)(H,18,19). The van der Waals surface area contributed by atoms with Crippen LogP contribution in [0, 0.1) is 0 Å². The zero-order valence-electron chi connectivity index (χ0n) is 10.7. The smallest absolute Gasteiger partial charge is 0.228 e. The first-order chi connectivity index (χ1) is 9.31. The Balaban J connectivity index is 1.87. The predicted molar refractivity (Wildman–Crippen MR) is 73.5 cm³/mol. The number of nitrogens with zero attached hydrogens (tertiary/aromatic N) is 1. The number of nitrogens with one attached hydrogen (secondary N) is 2. The quantitative estimate of drug-likeness (QED) is 0.717. The van der Waals surface area contributed by atoms with Crippen LogP contribution in [0.2, 0.25) is 0 Å². The highest BCUT2D eigenvalue weighted by molar-refractivity contribution is 5.83. The Hall–Kier alpha value is -2.14. The summed E-state index contributed by atoms with van der Waals surface area (Å²) in [7, 11) is 0. The number of imidazole rings is 1. The van der Waals surface area contributed by atoms with E-state index >= 15 is 0 Å². The molecule has 0 aliphatic rings. The third-order valence-electron chi connectivity index (χ3n) is 2.97. The highest BCUT2D eigenvalue weighted by atomic mass is 16.1. The van der Waals surface area contributed by atoms with Gasteiger partial charge in [-0.05, 0) is 5.56 Å². The van der Waals surface area contributed by atoms with Gasteiger partial charge >= 0.3 is 0 Å². The van der Waals surface area contributed by atoms with Gasteiger partial charge in [-0.25, -0.2) is 4.98 Å². The fraction of sp³-hybridized carbons (Fsp3) is 0.286. The number of benzene rings is 1. The lowest BCUT2D eigenvalue weighted by Crippen LogP contribution is -2.34. The average Bonchev–Trinajstić information content (AvgIpc) is 2.94. The predicted octanol–water partition coefficient (Wildman–Crippen LogP) is 0.811. The van der Waals surface area contributed by atoms with E-state index in [1.165, 1.54) is 0 Å². The molecule has 1 aromatic carbocycles. The van der Waals surface area contributed by atoms with Crippen molar-refractivity contribution in [3.63, 3.8) is 0 Å². The molecule has 1 heterocycles. The number of carbonyl (C=O) groups excluding carboxylic acids is 1. The summed E-state index contributed by atoms with van der Waals surface area (Å²) in [6, 6.07) is 9.58. The van der Waals surface area contributed by atoms with Crippen LogP contribution < -0.4 is 11.1 Å². The first kappa shape index (κ1) is 13.3. The van der Waals surface area contributed by atoms with Gasteiger partial charge in [-0.2, -0.15) is 0 Å². The summed E-state index contributed by atoms with van der Waals surface area (Å²) in [6.45, 7) is 0.853. The Bertz CT molecular complexity index is 495. The monoisotopic (exact) mass is 258 g/mol. The van der Waals surface area contributed by atoms with E-state index in [9.17, 15) is 4.79 Å². The lowest BCUT2D eigenvalue weighted by Gasteiger charge is -2.14. The molecule has 19 heavy (non-hydrogen) atoms. The third kappa shape index (κ3) is 3.66. The maximum absolute atomic E-state index is 12.1. The van der Waals surface area contributed by atoms with Crippen LogP contribution in [-0.2, 0) is 11.2 Å². The molecule has 2 aromatic rings. The molecule has 1 aromatic heterocycles. The molecular formula is C14H18N4O. The molecule has 1 unspecified atom stereocenters. The number of aromatic amines is 1. The van der Waals surface area contributed by atoms with Gasteiger partial charge in [0.15, 0.2) is 0 Å². The minimum atomic E-state index is -0.294. The van der Waals surface area contributed by atoms with Crippen molar-refractivity contribution in [3.8, 4) is 0 Å². The molecule has 0 saturated heterocycles. The van der Waals surface area contributed by atoms with Crippen LogP contribution in [0.3, 0.4) is 0 Å². The second-order valence-electron chi connectivity index (χ2n) is 4.28. The summed E-state index contributed by atoms with van der Waals surface area (Å²) >= 11 is 0. The topological polar surface area (TPSA) is 83.8 Å². The number of hydrogen-bond donors (Lipinski definition) is 3. The SMILES string of the molecule is NCC(C(=O)NCCc1ncc[nH]1)c1ccccc1. The maximum atomic E-state index is 12.1. The van der Waals surface area contributed by atoms with E-state index in [-0.39, 0.29) is 11.8 Å². The Morgan fingerprint density at radius 3 is 2.79 bits per heavy atom. The lowest BCUT2D eigenvalue weighted by molar-refractivity contribution is -0.122. The summed E-state index contributed by atoms with van der Waals surface area (Å²) in [6.07, 6.45) is 4.15. The number of amides is 1. The minimum absolute atomic E-state index is 0.0414. The van der Waals surface area contributed by atoms with E-state index in [1.54, 1.807) is 12.4 Å². The Kier molecular flexibility index (Phi) is 4.69. The van der Waals surface area contributed by atoms with Gasteiger partial charge in [0.05, 0.1) is 5.92 Å². The second kappa shape index (κ2) is 6.70. The Morgan fingerprint density at radius 1 is 1.37 bits per heavy atom. The van der Waals surface area contributed by atoms with Crippen molar-refractivity contribution in [1.29, 1.82) is 0 Å². The van der Waals surface area contributed by atoms with E-state index in [2.05, 4.69) is 15.3 Å². The van der Waals surface area contributed by atoms with Crippen LogP contribution in [-0.4, -0.2) is 29.0 Å².